The Balaban J connectivity index is 2.31. The molecule has 0 heterocycles. The number of hydrogen-bond acceptors (Lipinski definition) is 3. The molecule has 1 aromatic rings. The van der Waals surface area contributed by atoms with Crippen LogP contribution in [0.4, 0.5) is 0 Å². The summed E-state index contributed by atoms with van der Waals surface area (Å²) >= 11 is 15.2. The Kier molecular flexibility index (Phi) is 5.37. The van der Waals surface area contributed by atoms with Crippen LogP contribution in [0, 0.1) is 0 Å². The van der Waals surface area contributed by atoms with Crippen LogP contribution >= 0.6 is 39.1 Å². The molecule has 0 spiro atoms. The number of aliphatic hydroxyl groups excluding tert-OH is 1. The molecule has 112 valence electrons. The van der Waals surface area contributed by atoms with Crippen molar-refractivity contribution in [1.82, 2.24) is 4.72 Å². The number of rotatable bonds is 3. The molecule has 2 atom stereocenters. The zero-order chi connectivity index (χ0) is 14.9. The van der Waals surface area contributed by atoms with Gasteiger partial charge < -0.3 is 5.11 Å². The summed E-state index contributed by atoms with van der Waals surface area (Å²) < 4.78 is 27.9. The van der Waals surface area contributed by atoms with Crippen LogP contribution in [0.1, 0.15) is 25.7 Å². The molecule has 0 saturated heterocycles. The number of aliphatic hydroxyl groups is 1. The lowest BCUT2D eigenvalue weighted by Gasteiger charge is -2.28. The summed E-state index contributed by atoms with van der Waals surface area (Å²) in [6.45, 7) is 0. The highest BCUT2D eigenvalue weighted by molar-refractivity contribution is 9.10. The number of hydrogen-bond donors (Lipinski definition) is 2. The average molecular weight is 403 g/mol. The summed E-state index contributed by atoms with van der Waals surface area (Å²) in [7, 11) is -3.87. The van der Waals surface area contributed by atoms with Crippen LogP contribution in [-0.2, 0) is 10.0 Å². The molecule has 20 heavy (non-hydrogen) atoms. The Labute approximate surface area is 136 Å². The van der Waals surface area contributed by atoms with Crippen LogP contribution in [0.5, 0.6) is 0 Å². The average Bonchev–Trinajstić information content (AvgIpc) is 2.30. The van der Waals surface area contributed by atoms with E-state index in [4.69, 9.17) is 23.2 Å². The monoisotopic (exact) mass is 401 g/mol. The summed E-state index contributed by atoms with van der Waals surface area (Å²) in [5, 5.41) is 9.95. The van der Waals surface area contributed by atoms with Gasteiger partial charge in [-0.05, 0) is 25.0 Å². The third-order valence-corrected chi connectivity index (χ3v) is 6.14. The molecule has 2 N–H and O–H groups in total. The molecule has 0 bridgehead atoms. The summed E-state index contributed by atoms with van der Waals surface area (Å²) in [5.74, 6) is 0. The molecule has 1 saturated carbocycles. The van der Waals surface area contributed by atoms with E-state index in [-0.39, 0.29) is 14.9 Å². The van der Waals surface area contributed by atoms with E-state index in [2.05, 4.69) is 20.7 Å². The van der Waals surface area contributed by atoms with Crippen molar-refractivity contribution in [1.29, 1.82) is 0 Å². The van der Waals surface area contributed by atoms with Gasteiger partial charge in [0.05, 0.1) is 16.1 Å². The van der Waals surface area contributed by atoms with Crippen LogP contribution in [-0.4, -0.2) is 25.7 Å². The van der Waals surface area contributed by atoms with Crippen LogP contribution in [0.15, 0.2) is 21.5 Å². The Bertz CT molecular complexity index is 586. The van der Waals surface area contributed by atoms with Crippen LogP contribution < -0.4 is 4.72 Å². The van der Waals surface area contributed by atoms with Gasteiger partial charge in [-0.15, -0.1) is 0 Å². The standard InChI is InChI=1S/C12H14BrCl2NO3S/c13-7-5-8(14)12(9(15)6-7)20(18,19)16-10-3-1-2-4-11(10)17/h5-6,10-11,16-17H,1-4H2. The minimum absolute atomic E-state index is 0.0437. The van der Waals surface area contributed by atoms with Crippen LogP contribution in [0.3, 0.4) is 0 Å². The number of benzene rings is 1. The van der Waals surface area contributed by atoms with Gasteiger partial charge in [-0.2, -0.15) is 0 Å². The normalized spacial score (nSPS) is 23.8. The lowest BCUT2D eigenvalue weighted by molar-refractivity contribution is 0.101. The van der Waals surface area contributed by atoms with Gasteiger partial charge in [-0.1, -0.05) is 52.0 Å². The second kappa shape index (κ2) is 6.50. The van der Waals surface area contributed by atoms with Crippen molar-refractivity contribution >= 4 is 49.2 Å². The predicted octanol–water partition coefficient (Wildman–Crippen LogP) is 3.34. The molecule has 4 nitrogen and oxygen atoms in total. The summed E-state index contributed by atoms with van der Waals surface area (Å²) in [4.78, 5) is -0.151. The Hall–Kier alpha value is 0.150. The van der Waals surface area contributed by atoms with E-state index in [0.717, 1.165) is 12.8 Å². The third kappa shape index (κ3) is 3.67. The van der Waals surface area contributed by atoms with Crippen LogP contribution in [0.2, 0.25) is 10.0 Å². The molecule has 1 fully saturated rings. The fraction of sp³-hybridized carbons (Fsp3) is 0.500. The predicted molar refractivity (Wildman–Crippen MR) is 82.7 cm³/mol. The third-order valence-electron chi connectivity index (χ3n) is 3.27. The molecule has 1 aromatic carbocycles. The fourth-order valence-electron chi connectivity index (χ4n) is 2.29. The Morgan fingerprint density at radius 3 is 2.30 bits per heavy atom. The first-order chi connectivity index (χ1) is 9.31. The van der Waals surface area contributed by atoms with Crippen molar-refractivity contribution in [3.63, 3.8) is 0 Å². The molecule has 2 rings (SSSR count). The number of sulfonamides is 1. The molecular formula is C12H14BrCl2NO3S. The first kappa shape index (κ1) is 16.5. The van der Waals surface area contributed by atoms with E-state index in [0.29, 0.717) is 17.3 Å². The van der Waals surface area contributed by atoms with Gasteiger partial charge in [0.1, 0.15) is 4.90 Å². The van der Waals surface area contributed by atoms with E-state index in [1.165, 1.54) is 12.1 Å². The van der Waals surface area contributed by atoms with Crippen molar-refractivity contribution in [2.45, 2.75) is 42.7 Å². The molecule has 0 radical (unpaired) electrons. The van der Waals surface area contributed by atoms with Crippen molar-refractivity contribution in [3.05, 3.63) is 26.7 Å². The Morgan fingerprint density at radius 2 is 1.75 bits per heavy atom. The van der Waals surface area contributed by atoms with E-state index in [9.17, 15) is 13.5 Å². The smallest absolute Gasteiger partial charge is 0.243 e. The highest BCUT2D eigenvalue weighted by atomic mass is 79.9. The highest BCUT2D eigenvalue weighted by Crippen LogP contribution is 2.33. The molecule has 2 unspecified atom stereocenters. The quantitative estimate of drug-likeness (QED) is 0.814. The summed E-state index contributed by atoms with van der Waals surface area (Å²) in [5.41, 5.74) is 0. The maximum absolute atomic E-state index is 12.4. The van der Waals surface area contributed by atoms with Gasteiger partial charge in [-0.25, -0.2) is 13.1 Å². The molecule has 1 aliphatic rings. The highest BCUT2D eigenvalue weighted by Gasteiger charge is 2.30. The van der Waals surface area contributed by atoms with Crippen molar-refractivity contribution in [2.24, 2.45) is 0 Å². The summed E-state index contributed by atoms with van der Waals surface area (Å²) in [6.07, 6.45) is 2.30. The van der Waals surface area contributed by atoms with E-state index < -0.39 is 22.2 Å². The molecule has 0 aromatic heterocycles. The fourth-order valence-corrected chi connectivity index (χ4v) is 5.53. The second-order valence-electron chi connectivity index (χ2n) is 4.78. The van der Waals surface area contributed by atoms with Gasteiger partial charge in [0.25, 0.3) is 0 Å². The number of nitrogens with one attached hydrogen (secondary N) is 1. The van der Waals surface area contributed by atoms with Gasteiger partial charge in [0, 0.05) is 10.5 Å². The summed E-state index contributed by atoms with van der Waals surface area (Å²) in [6, 6.07) is 2.45. The zero-order valence-corrected chi connectivity index (χ0v) is 14.4. The molecule has 0 aliphatic heterocycles. The van der Waals surface area contributed by atoms with Crippen molar-refractivity contribution in [3.8, 4) is 0 Å². The Morgan fingerprint density at radius 1 is 1.20 bits per heavy atom. The van der Waals surface area contributed by atoms with Gasteiger partial charge in [0.15, 0.2) is 0 Å². The first-order valence-electron chi connectivity index (χ1n) is 6.16. The van der Waals surface area contributed by atoms with Gasteiger partial charge in [0.2, 0.25) is 10.0 Å². The van der Waals surface area contributed by atoms with E-state index in [1.54, 1.807) is 0 Å². The lowest BCUT2D eigenvalue weighted by atomic mass is 9.93. The first-order valence-corrected chi connectivity index (χ1v) is 9.19. The molecule has 1 aliphatic carbocycles. The lowest BCUT2D eigenvalue weighted by Crippen LogP contribution is -2.45. The van der Waals surface area contributed by atoms with Crippen molar-refractivity contribution in [2.75, 3.05) is 0 Å². The van der Waals surface area contributed by atoms with Crippen molar-refractivity contribution < 1.29 is 13.5 Å². The van der Waals surface area contributed by atoms with Gasteiger partial charge in [-0.3, -0.25) is 0 Å². The maximum atomic E-state index is 12.4. The molecule has 8 heteroatoms. The molecule has 0 amide bonds. The topological polar surface area (TPSA) is 66.4 Å². The number of halogens is 3. The minimum Gasteiger partial charge on any atom is -0.391 e. The maximum Gasteiger partial charge on any atom is 0.243 e. The van der Waals surface area contributed by atoms with Gasteiger partial charge >= 0.3 is 0 Å². The van der Waals surface area contributed by atoms with Crippen LogP contribution in [0.25, 0.3) is 0 Å². The SMILES string of the molecule is O=S(=O)(NC1CCCCC1O)c1c(Cl)cc(Br)cc1Cl. The molecular weight excluding hydrogens is 389 g/mol. The van der Waals surface area contributed by atoms with E-state index >= 15 is 0 Å². The largest absolute Gasteiger partial charge is 0.391 e. The minimum atomic E-state index is -3.87. The second-order valence-corrected chi connectivity index (χ2v) is 8.16. The van der Waals surface area contributed by atoms with E-state index in [1.807, 2.05) is 0 Å². The zero-order valence-electron chi connectivity index (χ0n) is 10.4.